The van der Waals surface area contributed by atoms with E-state index in [0.29, 0.717) is 18.2 Å². The van der Waals surface area contributed by atoms with E-state index in [4.69, 9.17) is 26.8 Å². The molecule has 5 heteroatoms. The second-order valence-electron chi connectivity index (χ2n) is 4.31. The fourth-order valence-electron chi connectivity index (χ4n) is 1.87. The normalized spacial score (nSPS) is 10.7. The molecule has 2 N–H and O–H groups in total. The number of benzene rings is 1. The van der Waals surface area contributed by atoms with Crippen molar-refractivity contribution < 1.29 is 9.47 Å². The molecule has 0 radical (unpaired) electrons. The van der Waals surface area contributed by atoms with E-state index in [9.17, 15) is 0 Å². The number of anilines is 1. The van der Waals surface area contributed by atoms with E-state index in [-0.39, 0.29) is 0 Å². The minimum Gasteiger partial charge on any atom is -0.385 e. The Hall–Kier alpha value is -0.810. The van der Waals surface area contributed by atoms with Crippen LogP contribution in [0.3, 0.4) is 0 Å². The molecule has 0 fully saturated rings. The van der Waals surface area contributed by atoms with Gasteiger partial charge in [0, 0.05) is 51.2 Å². The molecule has 0 atom stereocenters. The highest BCUT2D eigenvalue weighted by molar-refractivity contribution is 6.31. The summed E-state index contributed by atoms with van der Waals surface area (Å²) in [5.41, 5.74) is 7.68. The molecule has 108 valence electrons. The molecule has 0 bridgehead atoms. The summed E-state index contributed by atoms with van der Waals surface area (Å²) in [7, 11) is 3.42. The van der Waals surface area contributed by atoms with Gasteiger partial charge in [-0.2, -0.15) is 0 Å². The zero-order valence-electron chi connectivity index (χ0n) is 11.7. The Balaban J connectivity index is 2.74. The first kappa shape index (κ1) is 16.2. The summed E-state index contributed by atoms with van der Waals surface area (Å²) in [5, 5.41) is 0.717. The van der Waals surface area contributed by atoms with Crippen LogP contribution >= 0.6 is 11.6 Å². The van der Waals surface area contributed by atoms with Gasteiger partial charge < -0.3 is 20.1 Å². The van der Waals surface area contributed by atoms with Gasteiger partial charge in [0.05, 0.1) is 6.61 Å². The van der Waals surface area contributed by atoms with Gasteiger partial charge >= 0.3 is 0 Å². The molecular formula is C14H23ClN2O2. The molecule has 1 aromatic carbocycles. The number of hydrogen-bond acceptors (Lipinski definition) is 4. The number of halogens is 1. The quantitative estimate of drug-likeness (QED) is 0.708. The smallest absolute Gasteiger partial charge is 0.0637 e. The van der Waals surface area contributed by atoms with Crippen molar-refractivity contribution in [2.75, 3.05) is 45.4 Å². The van der Waals surface area contributed by atoms with Crippen molar-refractivity contribution in [2.45, 2.75) is 13.0 Å². The molecule has 19 heavy (non-hydrogen) atoms. The van der Waals surface area contributed by atoms with E-state index < -0.39 is 0 Å². The van der Waals surface area contributed by atoms with Crippen LogP contribution in [-0.4, -0.2) is 40.5 Å². The Labute approximate surface area is 120 Å². The van der Waals surface area contributed by atoms with Crippen LogP contribution in [0.5, 0.6) is 0 Å². The van der Waals surface area contributed by atoms with Gasteiger partial charge in [0.25, 0.3) is 0 Å². The maximum absolute atomic E-state index is 6.21. The monoisotopic (exact) mass is 286 g/mol. The third kappa shape index (κ3) is 5.37. The fourth-order valence-corrected chi connectivity index (χ4v) is 2.12. The Morgan fingerprint density at radius 3 is 2.47 bits per heavy atom. The summed E-state index contributed by atoms with van der Waals surface area (Å²) in [6, 6.07) is 6.00. The van der Waals surface area contributed by atoms with Crippen LogP contribution in [0.4, 0.5) is 5.69 Å². The van der Waals surface area contributed by atoms with Crippen LogP contribution in [0.25, 0.3) is 0 Å². The van der Waals surface area contributed by atoms with Gasteiger partial charge in [0.1, 0.15) is 0 Å². The number of hydrogen-bond donors (Lipinski definition) is 1. The number of nitrogens with two attached hydrogens (primary N) is 1. The average molecular weight is 287 g/mol. The van der Waals surface area contributed by atoms with Crippen LogP contribution in [0.15, 0.2) is 18.2 Å². The number of methoxy groups -OCH3 is 2. The lowest BCUT2D eigenvalue weighted by atomic mass is 10.2. The third-order valence-corrected chi connectivity index (χ3v) is 3.32. The first-order valence-corrected chi connectivity index (χ1v) is 6.82. The van der Waals surface area contributed by atoms with Crippen molar-refractivity contribution in [2.24, 2.45) is 5.73 Å². The van der Waals surface area contributed by atoms with Gasteiger partial charge in [-0.05, 0) is 24.1 Å². The van der Waals surface area contributed by atoms with E-state index in [2.05, 4.69) is 11.0 Å². The van der Waals surface area contributed by atoms with Gasteiger partial charge in [0.2, 0.25) is 0 Å². The van der Waals surface area contributed by atoms with Crippen LogP contribution in [0, 0.1) is 0 Å². The van der Waals surface area contributed by atoms with Crippen molar-refractivity contribution in [1.82, 2.24) is 0 Å². The predicted molar refractivity (Wildman–Crippen MR) is 79.9 cm³/mol. The standard InChI is InChI=1S/C14H23ClN2O2/c1-18-8-3-6-17(7-9-19-2)13-5-4-12(11-16)14(15)10-13/h4-5,10H,3,6-9,11,16H2,1-2H3. The molecular weight excluding hydrogens is 264 g/mol. The van der Waals surface area contributed by atoms with Gasteiger partial charge in [-0.25, -0.2) is 0 Å². The highest BCUT2D eigenvalue weighted by Gasteiger charge is 2.08. The maximum atomic E-state index is 6.21. The summed E-state index contributed by atoms with van der Waals surface area (Å²) in [6.45, 7) is 3.64. The van der Waals surface area contributed by atoms with Crippen molar-refractivity contribution in [1.29, 1.82) is 0 Å². The van der Waals surface area contributed by atoms with E-state index in [1.165, 1.54) is 0 Å². The number of nitrogens with zero attached hydrogens (tertiary/aromatic N) is 1. The van der Waals surface area contributed by atoms with Crippen LogP contribution in [-0.2, 0) is 16.0 Å². The molecule has 0 aromatic heterocycles. The van der Waals surface area contributed by atoms with Crippen LogP contribution in [0.2, 0.25) is 5.02 Å². The van der Waals surface area contributed by atoms with Crippen LogP contribution in [0.1, 0.15) is 12.0 Å². The first-order valence-electron chi connectivity index (χ1n) is 6.44. The van der Waals surface area contributed by atoms with Gasteiger partial charge in [-0.15, -0.1) is 0 Å². The van der Waals surface area contributed by atoms with Crippen molar-refractivity contribution in [3.05, 3.63) is 28.8 Å². The first-order chi connectivity index (χ1) is 9.22. The Morgan fingerprint density at radius 1 is 1.16 bits per heavy atom. The molecule has 1 aromatic rings. The molecule has 0 aliphatic rings. The SMILES string of the molecule is COCCCN(CCOC)c1ccc(CN)c(Cl)c1. The molecule has 0 aliphatic heterocycles. The lowest BCUT2D eigenvalue weighted by molar-refractivity contribution is 0.191. The Morgan fingerprint density at radius 2 is 1.89 bits per heavy atom. The highest BCUT2D eigenvalue weighted by atomic mass is 35.5. The number of rotatable bonds is 9. The summed E-state index contributed by atoms with van der Waals surface area (Å²) in [4.78, 5) is 2.24. The van der Waals surface area contributed by atoms with Crippen molar-refractivity contribution in [3.8, 4) is 0 Å². The predicted octanol–water partition coefficient (Wildman–Crippen LogP) is 2.29. The summed E-state index contributed by atoms with van der Waals surface area (Å²) >= 11 is 6.21. The van der Waals surface area contributed by atoms with E-state index in [1.807, 2.05) is 12.1 Å². The largest absolute Gasteiger partial charge is 0.385 e. The van der Waals surface area contributed by atoms with Gasteiger partial charge in [-0.1, -0.05) is 17.7 Å². The van der Waals surface area contributed by atoms with Gasteiger partial charge in [-0.3, -0.25) is 0 Å². The zero-order chi connectivity index (χ0) is 14.1. The highest BCUT2D eigenvalue weighted by Crippen LogP contribution is 2.23. The lowest BCUT2D eigenvalue weighted by Gasteiger charge is -2.25. The minimum absolute atomic E-state index is 0.459. The molecule has 0 spiro atoms. The second-order valence-corrected chi connectivity index (χ2v) is 4.71. The molecule has 0 aliphatic carbocycles. The number of ether oxygens (including phenoxy) is 2. The molecule has 0 unspecified atom stereocenters. The zero-order valence-corrected chi connectivity index (χ0v) is 12.4. The maximum Gasteiger partial charge on any atom is 0.0637 e. The second kappa shape index (κ2) is 9.15. The van der Waals surface area contributed by atoms with E-state index >= 15 is 0 Å². The molecule has 0 heterocycles. The topological polar surface area (TPSA) is 47.7 Å². The summed E-state index contributed by atoms with van der Waals surface area (Å²) in [6.07, 6.45) is 0.969. The molecule has 4 nitrogen and oxygen atoms in total. The molecule has 0 amide bonds. The summed E-state index contributed by atoms with van der Waals surface area (Å²) < 4.78 is 10.2. The average Bonchev–Trinajstić information content (AvgIpc) is 2.42. The minimum atomic E-state index is 0.459. The lowest BCUT2D eigenvalue weighted by Crippen LogP contribution is -2.29. The molecule has 0 saturated heterocycles. The van der Waals surface area contributed by atoms with Crippen molar-refractivity contribution >= 4 is 17.3 Å². The Bertz CT molecular complexity index is 374. The van der Waals surface area contributed by atoms with Crippen LogP contribution < -0.4 is 10.6 Å². The van der Waals surface area contributed by atoms with E-state index in [1.54, 1.807) is 14.2 Å². The Kier molecular flexibility index (Phi) is 7.82. The third-order valence-electron chi connectivity index (χ3n) is 2.96. The van der Waals surface area contributed by atoms with E-state index in [0.717, 1.165) is 37.4 Å². The molecule has 0 saturated carbocycles. The van der Waals surface area contributed by atoms with Crippen molar-refractivity contribution in [3.63, 3.8) is 0 Å². The molecule has 1 rings (SSSR count). The van der Waals surface area contributed by atoms with Gasteiger partial charge in [0.15, 0.2) is 0 Å². The fraction of sp³-hybridized carbons (Fsp3) is 0.571. The summed E-state index contributed by atoms with van der Waals surface area (Å²) in [5.74, 6) is 0.